The molecular weight excluding hydrogens is 190 g/mol. The maximum atomic E-state index is 5.59. The molecule has 0 bridgehead atoms. The van der Waals surface area contributed by atoms with Gasteiger partial charge in [0.1, 0.15) is 5.76 Å². The highest BCUT2D eigenvalue weighted by molar-refractivity contribution is 4.94. The topological polar surface area (TPSA) is 41.3 Å². The zero-order valence-electron chi connectivity index (χ0n) is 9.49. The fraction of sp³-hybridized carbons (Fsp3) is 0.727. The highest BCUT2D eigenvalue weighted by Gasteiger charge is 2.21. The van der Waals surface area contributed by atoms with Gasteiger partial charge in [0.2, 0.25) is 5.89 Å². The van der Waals surface area contributed by atoms with Crippen molar-refractivity contribution in [2.24, 2.45) is 0 Å². The van der Waals surface area contributed by atoms with Crippen molar-refractivity contribution in [3.8, 4) is 0 Å². The van der Waals surface area contributed by atoms with E-state index in [-0.39, 0.29) is 0 Å². The van der Waals surface area contributed by atoms with Crippen LogP contribution in [0.5, 0.6) is 0 Å². The van der Waals surface area contributed by atoms with Crippen LogP contribution in [0.15, 0.2) is 10.6 Å². The predicted octanol–water partition coefficient (Wildman–Crippen LogP) is 1.03. The zero-order valence-corrected chi connectivity index (χ0v) is 9.49. The van der Waals surface area contributed by atoms with E-state index in [0.29, 0.717) is 6.04 Å². The van der Waals surface area contributed by atoms with Gasteiger partial charge in [-0.25, -0.2) is 4.98 Å². The molecule has 0 radical (unpaired) electrons. The third-order valence-electron chi connectivity index (χ3n) is 2.99. The van der Waals surface area contributed by atoms with Gasteiger partial charge in [0.15, 0.2) is 0 Å². The van der Waals surface area contributed by atoms with E-state index < -0.39 is 0 Å². The Balaban J connectivity index is 1.87. The first-order chi connectivity index (χ1) is 7.31. The molecule has 2 heterocycles. The molecule has 0 saturated carbocycles. The van der Waals surface area contributed by atoms with E-state index >= 15 is 0 Å². The molecule has 0 spiro atoms. The largest absolute Gasteiger partial charge is 0.444 e. The molecule has 1 saturated heterocycles. The van der Waals surface area contributed by atoms with Crippen molar-refractivity contribution in [2.75, 3.05) is 20.1 Å². The summed E-state index contributed by atoms with van der Waals surface area (Å²) in [6.07, 6.45) is 3.98. The standard InChI is InChI=1S/C11H19N3O/c1-3-10-6-13-11(15-10)8-14-5-4-9(7-14)12-2/h6,9,12H,3-5,7-8H2,1-2H3. The van der Waals surface area contributed by atoms with Gasteiger partial charge in [-0.1, -0.05) is 6.92 Å². The van der Waals surface area contributed by atoms with Gasteiger partial charge in [0.05, 0.1) is 12.7 Å². The number of aryl methyl sites for hydroxylation is 1. The Kier molecular flexibility index (Phi) is 3.38. The Labute approximate surface area is 90.7 Å². The number of rotatable bonds is 4. The minimum Gasteiger partial charge on any atom is -0.444 e. The van der Waals surface area contributed by atoms with E-state index in [1.165, 1.54) is 6.42 Å². The molecule has 1 aromatic rings. The van der Waals surface area contributed by atoms with Gasteiger partial charge < -0.3 is 9.73 Å². The molecule has 1 N–H and O–H groups in total. The second kappa shape index (κ2) is 4.77. The number of likely N-dealkylation sites (tertiary alicyclic amines) is 1. The van der Waals surface area contributed by atoms with Crippen LogP contribution in [0.1, 0.15) is 25.0 Å². The fourth-order valence-electron chi connectivity index (χ4n) is 1.99. The molecule has 1 aliphatic heterocycles. The molecule has 1 unspecified atom stereocenters. The Morgan fingerprint density at radius 2 is 2.53 bits per heavy atom. The van der Waals surface area contributed by atoms with Crippen molar-refractivity contribution in [1.29, 1.82) is 0 Å². The van der Waals surface area contributed by atoms with Crippen LogP contribution in [0.25, 0.3) is 0 Å². The molecule has 1 aliphatic rings. The van der Waals surface area contributed by atoms with Gasteiger partial charge in [-0.3, -0.25) is 4.90 Å². The van der Waals surface area contributed by atoms with Gasteiger partial charge in [-0.05, 0) is 13.5 Å². The number of hydrogen-bond donors (Lipinski definition) is 1. The van der Waals surface area contributed by atoms with E-state index in [0.717, 1.165) is 37.7 Å². The maximum absolute atomic E-state index is 5.59. The summed E-state index contributed by atoms with van der Waals surface area (Å²) in [5.74, 6) is 1.83. The highest BCUT2D eigenvalue weighted by atomic mass is 16.4. The van der Waals surface area contributed by atoms with Crippen molar-refractivity contribution in [2.45, 2.75) is 32.4 Å². The normalized spacial score (nSPS) is 22.4. The third kappa shape index (κ3) is 2.58. The minimum absolute atomic E-state index is 0.630. The molecule has 0 aromatic carbocycles. The summed E-state index contributed by atoms with van der Waals surface area (Å²) in [5.41, 5.74) is 0. The van der Waals surface area contributed by atoms with Crippen molar-refractivity contribution in [3.05, 3.63) is 17.8 Å². The average molecular weight is 209 g/mol. The summed E-state index contributed by atoms with van der Waals surface area (Å²) in [5, 5.41) is 3.30. The average Bonchev–Trinajstić information content (AvgIpc) is 2.87. The minimum atomic E-state index is 0.630. The first-order valence-electron chi connectivity index (χ1n) is 5.65. The number of oxazole rings is 1. The lowest BCUT2D eigenvalue weighted by Gasteiger charge is -2.13. The summed E-state index contributed by atoms with van der Waals surface area (Å²) in [7, 11) is 2.02. The van der Waals surface area contributed by atoms with Crippen LogP contribution < -0.4 is 5.32 Å². The summed E-state index contributed by atoms with van der Waals surface area (Å²) < 4.78 is 5.59. The Morgan fingerprint density at radius 1 is 1.67 bits per heavy atom. The van der Waals surface area contributed by atoms with Crippen molar-refractivity contribution in [3.63, 3.8) is 0 Å². The summed E-state index contributed by atoms with van der Waals surface area (Å²) in [4.78, 5) is 6.65. The van der Waals surface area contributed by atoms with E-state index in [1.54, 1.807) is 0 Å². The lowest BCUT2D eigenvalue weighted by atomic mass is 10.3. The van der Waals surface area contributed by atoms with Crippen LogP contribution in [0.4, 0.5) is 0 Å². The highest BCUT2D eigenvalue weighted by Crippen LogP contribution is 2.13. The SMILES string of the molecule is CCc1cnc(CN2CCC(NC)C2)o1. The summed E-state index contributed by atoms with van der Waals surface area (Å²) >= 11 is 0. The smallest absolute Gasteiger partial charge is 0.208 e. The Morgan fingerprint density at radius 3 is 3.13 bits per heavy atom. The molecule has 0 amide bonds. The van der Waals surface area contributed by atoms with Gasteiger partial charge in [-0.2, -0.15) is 0 Å². The first-order valence-corrected chi connectivity index (χ1v) is 5.65. The Hall–Kier alpha value is -0.870. The molecule has 4 nitrogen and oxygen atoms in total. The van der Waals surface area contributed by atoms with Crippen LogP contribution in [-0.4, -0.2) is 36.1 Å². The van der Waals surface area contributed by atoms with Gasteiger partial charge in [0.25, 0.3) is 0 Å². The first kappa shape index (κ1) is 10.6. The molecule has 2 rings (SSSR count). The Bertz CT molecular complexity index is 311. The number of likely N-dealkylation sites (N-methyl/N-ethyl adjacent to an activating group) is 1. The summed E-state index contributed by atoms with van der Waals surface area (Å²) in [6.45, 7) is 5.16. The molecule has 4 heteroatoms. The van der Waals surface area contributed by atoms with E-state index in [2.05, 4.69) is 22.1 Å². The monoisotopic (exact) mass is 209 g/mol. The van der Waals surface area contributed by atoms with Crippen LogP contribution in [-0.2, 0) is 13.0 Å². The van der Waals surface area contributed by atoms with Crippen molar-refractivity contribution < 1.29 is 4.42 Å². The second-order valence-electron chi connectivity index (χ2n) is 4.08. The van der Waals surface area contributed by atoms with Gasteiger partial charge >= 0.3 is 0 Å². The lowest BCUT2D eigenvalue weighted by Crippen LogP contribution is -2.29. The third-order valence-corrected chi connectivity index (χ3v) is 2.99. The van der Waals surface area contributed by atoms with E-state index in [9.17, 15) is 0 Å². The molecule has 1 atom stereocenters. The number of nitrogens with zero attached hydrogens (tertiary/aromatic N) is 2. The van der Waals surface area contributed by atoms with Crippen LogP contribution in [0.3, 0.4) is 0 Å². The molecule has 1 aromatic heterocycles. The number of aromatic nitrogens is 1. The van der Waals surface area contributed by atoms with Gasteiger partial charge in [-0.15, -0.1) is 0 Å². The van der Waals surface area contributed by atoms with Crippen molar-refractivity contribution in [1.82, 2.24) is 15.2 Å². The number of hydrogen-bond acceptors (Lipinski definition) is 4. The molecule has 1 fully saturated rings. The molecule has 0 aliphatic carbocycles. The molecule has 84 valence electrons. The van der Waals surface area contributed by atoms with Gasteiger partial charge in [0, 0.05) is 25.6 Å². The van der Waals surface area contributed by atoms with E-state index in [4.69, 9.17) is 4.42 Å². The van der Waals surface area contributed by atoms with Crippen LogP contribution >= 0.6 is 0 Å². The predicted molar refractivity (Wildman–Crippen MR) is 58.6 cm³/mol. The fourth-order valence-corrected chi connectivity index (χ4v) is 1.99. The molecular formula is C11H19N3O. The summed E-state index contributed by atoms with van der Waals surface area (Å²) in [6, 6.07) is 0.630. The van der Waals surface area contributed by atoms with Crippen molar-refractivity contribution >= 4 is 0 Å². The number of nitrogens with one attached hydrogen (secondary N) is 1. The van der Waals surface area contributed by atoms with Crippen LogP contribution in [0.2, 0.25) is 0 Å². The van der Waals surface area contributed by atoms with E-state index in [1.807, 2.05) is 13.2 Å². The quantitative estimate of drug-likeness (QED) is 0.804. The lowest BCUT2D eigenvalue weighted by molar-refractivity contribution is 0.280. The van der Waals surface area contributed by atoms with Crippen LogP contribution in [0, 0.1) is 0 Å². The maximum Gasteiger partial charge on any atom is 0.208 e. The zero-order chi connectivity index (χ0) is 10.7. The molecule has 15 heavy (non-hydrogen) atoms. The second-order valence-corrected chi connectivity index (χ2v) is 4.08.